The SMILES string of the molecule is CCC(CC)C(Cl)CNc1ccc2c(n1)CCC2. The van der Waals surface area contributed by atoms with Gasteiger partial charge in [-0.15, -0.1) is 11.6 Å². The largest absolute Gasteiger partial charge is 0.369 e. The minimum atomic E-state index is 0.190. The number of halogens is 1. The average molecular weight is 267 g/mol. The predicted octanol–water partition coefficient (Wildman–Crippen LogP) is 4.03. The number of alkyl halides is 1. The normalized spacial score (nSPS) is 15.8. The Hall–Kier alpha value is -0.760. The molecule has 1 aromatic rings. The van der Waals surface area contributed by atoms with Gasteiger partial charge >= 0.3 is 0 Å². The molecule has 2 nitrogen and oxygen atoms in total. The Balaban J connectivity index is 1.90. The van der Waals surface area contributed by atoms with Crippen LogP contribution in [0.5, 0.6) is 0 Å². The third-order valence-corrected chi connectivity index (χ3v) is 4.48. The Morgan fingerprint density at radius 2 is 2.06 bits per heavy atom. The van der Waals surface area contributed by atoms with E-state index in [1.165, 1.54) is 24.1 Å². The van der Waals surface area contributed by atoms with Crippen molar-refractivity contribution in [3.63, 3.8) is 0 Å². The molecule has 2 rings (SSSR count). The highest BCUT2D eigenvalue weighted by atomic mass is 35.5. The topological polar surface area (TPSA) is 24.9 Å². The van der Waals surface area contributed by atoms with Gasteiger partial charge in [0.05, 0.1) is 5.38 Å². The highest BCUT2D eigenvalue weighted by Crippen LogP contribution is 2.23. The van der Waals surface area contributed by atoms with Crippen LogP contribution < -0.4 is 5.32 Å². The number of nitrogens with one attached hydrogen (secondary N) is 1. The van der Waals surface area contributed by atoms with Gasteiger partial charge in [0.25, 0.3) is 0 Å². The maximum Gasteiger partial charge on any atom is 0.126 e. The van der Waals surface area contributed by atoms with Crippen LogP contribution in [0.2, 0.25) is 0 Å². The van der Waals surface area contributed by atoms with Crippen molar-refractivity contribution in [1.29, 1.82) is 0 Å². The van der Waals surface area contributed by atoms with Gasteiger partial charge in [0.1, 0.15) is 5.82 Å². The van der Waals surface area contributed by atoms with E-state index in [1.54, 1.807) is 0 Å². The summed E-state index contributed by atoms with van der Waals surface area (Å²) in [6.07, 6.45) is 5.85. The molecule has 18 heavy (non-hydrogen) atoms. The second-order valence-electron chi connectivity index (χ2n) is 5.13. The summed E-state index contributed by atoms with van der Waals surface area (Å²) in [5, 5.41) is 3.57. The summed E-state index contributed by atoms with van der Waals surface area (Å²) in [7, 11) is 0. The quantitative estimate of drug-likeness (QED) is 0.787. The van der Waals surface area contributed by atoms with Crippen molar-refractivity contribution in [2.45, 2.75) is 51.3 Å². The number of pyridine rings is 1. The molecule has 100 valence electrons. The zero-order chi connectivity index (χ0) is 13.0. The van der Waals surface area contributed by atoms with Crippen molar-refractivity contribution in [1.82, 2.24) is 4.98 Å². The summed E-state index contributed by atoms with van der Waals surface area (Å²) in [6, 6.07) is 4.29. The van der Waals surface area contributed by atoms with E-state index in [9.17, 15) is 0 Å². The highest BCUT2D eigenvalue weighted by Gasteiger charge is 2.16. The van der Waals surface area contributed by atoms with Crippen molar-refractivity contribution in [2.75, 3.05) is 11.9 Å². The molecule has 0 amide bonds. The zero-order valence-corrected chi connectivity index (χ0v) is 12.1. The van der Waals surface area contributed by atoms with E-state index in [-0.39, 0.29) is 5.38 Å². The van der Waals surface area contributed by atoms with Gasteiger partial charge in [-0.3, -0.25) is 0 Å². The number of aromatic nitrogens is 1. The van der Waals surface area contributed by atoms with E-state index < -0.39 is 0 Å². The fraction of sp³-hybridized carbons (Fsp3) is 0.667. The predicted molar refractivity (Wildman–Crippen MR) is 78.5 cm³/mol. The molecule has 1 unspecified atom stereocenters. The molecule has 0 fully saturated rings. The lowest BCUT2D eigenvalue weighted by molar-refractivity contribution is 0.475. The molecule has 1 atom stereocenters. The standard InChI is InChI=1S/C15H23ClN2/c1-3-11(4-2)13(16)10-17-15-9-8-12-6-5-7-14(12)18-15/h8-9,11,13H,3-7,10H2,1-2H3,(H,17,18). The smallest absolute Gasteiger partial charge is 0.126 e. The van der Waals surface area contributed by atoms with Crippen LogP contribution >= 0.6 is 11.6 Å². The summed E-state index contributed by atoms with van der Waals surface area (Å²) in [5.74, 6) is 1.57. The maximum atomic E-state index is 6.42. The molecule has 1 heterocycles. The van der Waals surface area contributed by atoms with Crippen LogP contribution in [0.4, 0.5) is 5.82 Å². The fourth-order valence-electron chi connectivity index (χ4n) is 2.69. The molecule has 0 aliphatic heterocycles. The molecule has 1 N–H and O–H groups in total. The third kappa shape index (κ3) is 3.17. The summed E-state index contributed by atoms with van der Waals surface area (Å²) in [5.41, 5.74) is 2.69. The molecule has 0 radical (unpaired) electrons. The van der Waals surface area contributed by atoms with Crippen LogP contribution in [0.3, 0.4) is 0 Å². The summed E-state index contributed by atoms with van der Waals surface area (Å²) < 4.78 is 0. The van der Waals surface area contributed by atoms with Crippen LogP contribution in [-0.2, 0) is 12.8 Å². The van der Waals surface area contributed by atoms with Crippen molar-refractivity contribution >= 4 is 17.4 Å². The number of hydrogen-bond donors (Lipinski definition) is 1. The number of fused-ring (bicyclic) bond motifs is 1. The Bertz CT molecular complexity index is 388. The minimum absolute atomic E-state index is 0.190. The lowest BCUT2D eigenvalue weighted by Crippen LogP contribution is -2.23. The number of anilines is 1. The van der Waals surface area contributed by atoms with Gasteiger partial charge in [-0.25, -0.2) is 4.98 Å². The van der Waals surface area contributed by atoms with Crippen molar-refractivity contribution in [3.05, 3.63) is 23.4 Å². The van der Waals surface area contributed by atoms with E-state index in [2.05, 4.69) is 36.3 Å². The van der Waals surface area contributed by atoms with Gasteiger partial charge in [0.15, 0.2) is 0 Å². The lowest BCUT2D eigenvalue weighted by atomic mass is 9.99. The zero-order valence-electron chi connectivity index (χ0n) is 11.4. The summed E-state index contributed by atoms with van der Waals surface area (Å²) in [6.45, 7) is 5.22. The van der Waals surface area contributed by atoms with Crippen LogP contribution in [0.25, 0.3) is 0 Å². The first-order valence-electron chi connectivity index (χ1n) is 7.11. The second kappa shape index (κ2) is 6.42. The summed E-state index contributed by atoms with van der Waals surface area (Å²) in [4.78, 5) is 4.67. The van der Waals surface area contributed by atoms with Crippen LogP contribution in [0.1, 0.15) is 44.4 Å². The van der Waals surface area contributed by atoms with E-state index in [4.69, 9.17) is 11.6 Å². The molecule has 3 heteroatoms. The summed E-state index contributed by atoms with van der Waals surface area (Å²) >= 11 is 6.42. The Morgan fingerprint density at radius 3 is 2.78 bits per heavy atom. The van der Waals surface area contributed by atoms with Crippen LogP contribution in [0, 0.1) is 5.92 Å². The van der Waals surface area contributed by atoms with E-state index >= 15 is 0 Å². The number of aryl methyl sites for hydroxylation is 2. The second-order valence-corrected chi connectivity index (χ2v) is 5.69. The highest BCUT2D eigenvalue weighted by molar-refractivity contribution is 6.21. The molecule has 0 aromatic carbocycles. The number of nitrogens with zero attached hydrogens (tertiary/aromatic N) is 1. The Labute approximate surface area is 115 Å². The molecule has 1 aliphatic carbocycles. The number of rotatable bonds is 6. The van der Waals surface area contributed by atoms with E-state index in [0.29, 0.717) is 5.92 Å². The first kappa shape index (κ1) is 13.7. The van der Waals surface area contributed by atoms with Crippen molar-refractivity contribution < 1.29 is 0 Å². The molecule has 0 saturated carbocycles. The van der Waals surface area contributed by atoms with Gasteiger partial charge < -0.3 is 5.32 Å². The average Bonchev–Trinajstić information content (AvgIpc) is 2.85. The molecule has 0 spiro atoms. The monoisotopic (exact) mass is 266 g/mol. The van der Waals surface area contributed by atoms with Gasteiger partial charge in [-0.05, 0) is 36.8 Å². The molecule has 1 aromatic heterocycles. The molecule has 1 aliphatic rings. The van der Waals surface area contributed by atoms with E-state index in [1.807, 2.05) is 0 Å². The fourth-order valence-corrected chi connectivity index (χ4v) is 3.12. The first-order valence-corrected chi connectivity index (χ1v) is 7.55. The van der Waals surface area contributed by atoms with Gasteiger partial charge in [0, 0.05) is 12.2 Å². The Kier molecular flexibility index (Phi) is 4.87. The molecule has 0 bridgehead atoms. The molecule has 0 saturated heterocycles. The van der Waals surface area contributed by atoms with Gasteiger partial charge in [-0.1, -0.05) is 32.8 Å². The third-order valence-electron chi connectivity index (χ3n) is 3.97. The maximum absolute atomic E-state index is 6.42. The lowest BCUT2D eigenvalue weighted by Gasteiger charge is -2.20. The van der Waals surface area contributed by atoms with Gasteiger partial charge in [0.2, 0.25) is 0 Å². The first-order chi connectivity index (χ1) is 8.74. The minimum Gasteiger partial charge on any atom is -0.369 e. The molecular formula is C15H23ClN2. The Morgan fingerprint density at radius 1 is 1.28 bits per heavy atom. The van der Waals surface area contributed by atoms with Crippen molar-refractivity contribution in [2.24, 2.45) is 5.92 Å². The van der Waals surface area contributed by atoms with Gasteiger partial charge in [-0.2, -0.15) is 0 Å². The van der Waals surface area contributed by atoms with Crippen LogP contribution in [0.15, 0.2) is 12.1 Å². The van der Waals surface area contributed by atoms with E-state index in [0.717, 1.165) is 31.6 Å². The van der Waals surface area contributed by atoms with Crippen molar-refractivity contribution in [3.8, 4) is 0 Å². The molecular weight excluding hydrogens is 244 g/mol. The number of hydrogen-bond acceptors (Lipinski definition) is 2. The van der Waals surface area contributed by atoms with Crippen LogP contribution in [-0.4, -0.2) is 16.9 Å².